The van der Waals surface area contributed by atoms with Crippen LogP contribution < -0.4 is 10.9 Å². The van der Waals surface area contributed by atoms with E-state index in [0.717, 1.165) is 44.9 Å². The number of nitrogens with one attached hydrogen (secondary N) is 1. The lowest BCUT2D eigenvalue weighted by molar-refractivity contribution is -0.168. The molecule has 0 spiro atoms. The average molecular weight is 406 g/mol. The van der Waals surface area contributed by atoms with E-state index in [2.05, 4.69) is 10.4 Å². The second kappa shape index (κ2) is 6.75. The summed E-state index contributed by atoms with van der Waals surface area (Å²) in [5.41, 5.74) is -0.466. The Morgan fingerprint density at radius 2 is 1.86 bits per heavy atom. The molecule has 5 aliphatic carbocycles. The normalized spacial score (nSPS) is 37.2. The molecule has 1 heterocycles. The van der Waals surface area contributed by atoms with E-state index in [4.69, 9.17) is 11.6 Å². The summed E-state index contributed by atoms with van der Waals surface area (Å²) in [5, 5.41) is 18.1. The van der Waals surface area contributed by atoms with Gasteiger partial charge in [-0.1, -0.05) is 30.9 Å². The van der Waals surface area contributed by atoms with Crippen LogP contribution in [-0.2, 0) is 10.3 Å². The molecule has 6 rings (SSSR count). The molecular weight excluding hydrogens is 378 g/mol. The van der Waals surface area contributed by atoms with Crippen molar-refractivity contribution < 1.29 is 9.90 Å². The monoisotopic (exact) mass is 405 g/mol. The number of aromatic nitrogens is 2. The van der Waals surface area contributed by atoms with Gasteiger partial charge in [0.1, 0.15) is 5.02 Å². The van der Waals surface area contributed by atoms with Crippen LogP contribution in [0.25, 0.3) is 0 Å². The molecule has 5 atom stereocenters. The Labute approximate surface area is 169 Å². The number of hydrogen-bond donors (Lipinski definition) is 2. The largest absolute Gasteiger partial charge is 0.481 e. The van der Waals surface area contributed by atoms with Crippen LogP contribution in [0.3, 0.4) is 0 Å². The third-order valence-corrected chi connectivity index (χ3v) is 8.21. The quantitative estimate of drug-likeness (QED) is 0.794. The van der Waals surface area contributed by atoms with E-state index in [-0.39, 0.29) is 16.5 Å². The van der Waals surface area contributed by atoms with Crippen LogP contribution in [0.15, 0.2) is 11.0 Å². The Kier molecular flexibility index (Phi) is 4.45. The minimum absolute atomic E-state index is 0.149. The highest BCUT2D eigenvalue weighted by Gasteiger charge is 2.61. The second-order valence-electron chi connectivity index (χ2n) is 9.60. The van der Waals surface area contributed by atoms with Gasteiger partial charge in [-0.15, -0.1) is 0 Å². The molecule has 4 bridgehead atoms. The summed E-state index contributed by atoms with van der Waals surface area (Å²) >= 11 is 6.50. The van der Waals surface area contributed by atoms with Gasteiger partial charge in [0.05, 0.1) is 23.3 Å². The first-order valence-electron chi connectivity index (χ1n) is 10.8. The molecule has 5 saturated carbocycles. The van der Waals surface area contributed by atoms with Crippen molar-refractivity contribution >= 4 is 23.3 Å². The van der Waals surface area contributed by atoms with Gasteiger partial charge in [0.15, 0.2) is 0 Å². The smallest absolute Gasteiger partial charge is 0.309 e. The molecule has 5 aliphatic rings. The third kappa shape index (κ3) is 2.78. The maximum Gasteiger partial charge on any atom is 0.309 e. The van der Waals surface area contributed by atoms with E-state index in [9.17, 15) is 14.7 Å². The molecule has 0 aromatic carbocycles. The predicted octanol–water partition coefficient (Wildman–Crippen LogP) is 3.88. The van der Waals surface area contributed by atoms with Gasteiger partial charge >= 0.3 is 5.97 Å². The number of nitrogens with zero attached hydrogens (tertiary/aromatic N) is 2. The summed E-state index contributed by atoms with van der Waals surface area (Å²) in [6, 6.07) is 0.328. The van der Waals surface area contributed by atoms with Crippen LogP contribution >= 0.6 is 11.6 Å². The molecule has 0 saturated heterocycles. The van der Waals surface area contributed by atoms with Crippen LogP contribution in [0.5, 0.6) is 0 Å². The summed E-state index contributed by atoms with van der Waals surface area (Å²) in [7, 11) is 0. The molecule has 152 valence electrons. The van der Waals surface area contributed by atoms with Crippen molar-refractivity contribution in [2.75, 3.05) is 5.32 Å². The summed E-state index contributed by atoms with van der Waals surface area (Å²) in [5.74, 6) is -0.186. The molecule has 2 N–H and O–H groups in total. The van der Waals surface area contributed by atoms with E-state index >= 15 is 0 Å². The van der Waals surface area contributed by atoms with E-state index < -0.39 is 17.4 Å². The number of halogens is 1. The topological polar surface area (TPSA) is 84.2 Å². The van der Waals surface area contributed by atoms with Crippen molar-refractivity contribution in [2.24, 2.45) is 23.7 Å². The van der Waals surface area contributed by atoms with Crippen molar-refractivity contribution in [3.63, 3.8) is 0 Å². The van der Waals surface area contributed by atoms with Crippen molar-refractivity contribution in [1.29, 1.82) is 0 Å². The van der Waals surface area contributed by atoms with Gasteiger partial charge in [-0.25, -0.2) is 4.68 Å². The minimum atomic E-state index is -0.793. The maximum atomic E-state index is 13.3. The molecule has 1 aromatic rings. The number of hydrogen-bond acceptors (Lipinski definition) is 4. The second-order valence-corrected chi connectivity index (χ2v) is 9.97. The maximum absolute atomic E-state index is 13.3. The molecule has 0 aliphatic heterocycles. The lowest BCUT2D eigenvalue weighted by Gasteiger charge is -2.59. The van der Waals surface area contributed by atoms with Crippen LogP contribution in [0.2, 0.25) is 5.02 Å². The highest BCUT2D eigenvalue weighted by atomic mass is 35.5. The first kappa shape index (κ1) is 18.5. The Morgan fingerprint density at radius 3 is 2.50 bits per heavy atom. The van der Waals surface area contributed by atoms with E-state index in [1.807, 2.05) is 0 Å². The van der Waals surface area contributed by atoms with Crippen molar-refractivity contribution in [3.8, 4) is 0 Å². The summed E-state index contributed by atoms with van der Waals surface area (Å²) < 4.78 is 1.46. The van der Waals surface area contributed by atoms with Crippen LogP contribution in [0, 0.1) is 23.7 Å². The molecule has 6 nitrogen and oxygen atoms in total. The fourth-order valence-electron chi connectivity index (χ4n) is 7.05. The average Bonchev–Trinajstić information content (AvgIpc) is 2.65. The summed E-state index contributed by atoms with van der Waals surface area (Å²) in [6.45, 7) is 0. The van der Waals surface area contributed by atoms with Crippen molar-refractivity contribution in [3.05, 3.63) is 21.6 Å². The Bertz CT molecular complexity index is 834. The zero-order valence-corrected chi connectivity index (χ0v) is 16.8. The summed E-state index contributed by atoms with van der Waals surface area (Å²) in [4.78, 5) is 25.5. The molecule has 1 aromatic heterocycles. The van der Waals surface area contributed by atoms with Gasteiger partial charge < -0.3 is 10.4 Å². The van der Waals surface area contributed by atoms with Gasteiger partial charge in [-0.2, -0.15) is 5.10 Å². The predicted molar refractivity (Wildman–Crippen MR) is 107 cm³/mol. The van der Waals surface area contributed by atoms with E-state index in [1.54, 1.807) is 6.20 Å². The van der Waals surface area contributed by atoms with Crippen LogP contribution in [0.4, 0.5) is 5.69 Å². The molecule has 5 fully saturated rings. The fraction of sp³-hybridized carbons (Fsp3) is 0.762. The molecular formula is C21H28ClN3O3. The Morgan fingerprint density at radius 1 is 1.18 bits per heavy atom. The van der Waals surface area contributed by atoms with Crippen molar-refractivity contribution in [2.45, 2.75) is 75.8 Å². The number of carboxylic acid groups (broad SMARTS) is 1. The van der Waals surface area contributed by atoms with Crippen LogP contribution in [0.1, 0.15) is 64.2 Å². The molecule has 28 heavy (non-hydrogen) atoms. The first-order chi connectivity index (χ1) is 13.5. The lowest BCUT2D eigenvalue weighted by atomic mass is 9.48. The standard InChI is InChI=1S/C21H28ClN3O3/c22-18-16(24-15-4-2-1-3-5-15)11-23-25(19(18)26)21-9-12-6-13(10-21)8-14(7-12)17(21)20(27)28/h11-15,17,24H,1-10H2,(H,27,28)/t12-,13+,14?,17-,21?/m0/s1. The van der Waals surface area contributed by atoms with E-state index in [1.165, 1.54) is 23.9 Å². The highest BCUT2D eigenvalue weighted by molar-refractivity contribution is 6.32. The van der Waals surface area contributed by atoms with Gasteiger partial charge in [-0.05, 0) is 62.7 Å². The first-order valence-corrected chi connectivity index (χ1v) is 11.1. The number of carbonyl (C=O) groups is 1. The highest BCUT2D eigenvalue weighted by Crippen LogP contribution is 2.61. The number of anilines is 1. The van der Waals surface area contributed by atoms with Gasteiger partial charge in [-0.3, -0.25) is 9.59 Å². The molecule has 2 unspecified atom stereocenters. The molecule has 0 amide bonds. The van der Waals surface area contributed by atoms with Gasteiger partial charge in [0.2, 0.25) is 0 Å². The lowest BCUT2D eigenvalue weighted by Crippen LogP contribution is -2.63. The molecule has 0 radical (unpaired) electrons. The van der Waals surface area contributed by atoms with Gasteiger partial charge in [0.25, 0.3) is 5.56 Å². The Balaban J connectivity index is 1.52. The number of carboxylic acids is 1. The minimum Gasteiger partial charge on any atom is -0.481 e. The fourth-order valence-corrected chi connectivity index (χ4v) is 7.23. The zero-order chi connectivity index (χ0) is 19.5. The van der Waals surface area contributed by atoms with Crippen LogP contribution in [-0.4, -0.2) is 26.9 Å². The summed E-state index contributed by atoms with van der Waals surface area (Å²) in [6.07, 6.45) is 12.0. The van der Waals surface area contributed by atoms with E-state index in [0.29, 0.717) is 23.6 Å². The van der Waals surface area contributed by atoms with Crippen molar-refractivity contribution in [1.82, 2.24) is 9.78 Å². The molecule has 7 heteroatoms. The number of aliphatic carboxylic acids is 1. The number of rotatable bonds is 4. The third-order valence-electron chi connectivity index (χ3n) is 7.85. The Hall–Kier alpha value is -1.56. The van der Waals surface area contributed by atoms with Gasteiger partial charge in [0, 0.05) is 6.04 Å². The zero-order valence-electron chi connectivity index (χ0n) is 16.1. The SMILES string of the molecule is O=C(O)[C@@H]1C2C[C@@H]3C[C@H](C2)CC1(n1ncc(NC2CCCCC2)c(Cl)c1=O)C3.